The molecule has 0 radical (unpaired) electrons. The van der Waals surface area contributed by atoms with Crippen molar-refractivity contribution in [1.29, 1.82) is 0 Å². The van der Waals surface area contributed by atoms with Gasteiger partial charge in [0.25, 0.3) is 0 Å². The molecule has 0 saturated heterocycles. The van der Waals surface area contributed by atoms with E-state index in [1.807, 2.05) is 36.5 Å². The van der Waals surface area contributed by atoms with E-state index in [-0.39, 0.29) is 0 Å². The molecule has 3 nitrogen and oxygen atoms in total. The highest BCUT2D eigenvalue weighted by Gasteiger charge is 2.09. The van der Waals surface area contributed by atoms with E-state index in [2.05, 4.69) is 59.6 Å². The van der Waals surface area contributed by atoms with Crippen molar-refractivity contribution in [3.63, 3.8) is 0 Å². The highest BCUT2D eigenvalue weighted by atomic mass is 16.5. The number of fused-ring (bicyclic) bond motifs is 1. The Labute approximate surface area is 171 Å². The van der Waals surface area contributed by atoms with Gasteiger partial charge in [-0.05, 0) is 52.6 Å². The quantitative estimate of drug-likeness (QED) is 0.382. The molecule has 0 fully saturated rings. The average molecular weight is 381 g/mol. The number of hydrogen-bond acceptors (Lipinski definition) is 3. The zero-order chi connectivity index (χ0) is 20.1. The molecule has 1 aromatic heterocycles. The fraction of sp³-hybridized carbons (Fsp3) is 0.115. The van der Waals surface area contributed by atoms with Crippen molar-refractivity contribution in [2.24, 2.45) is 0 Å². The zero-order valence-electron chi connectivity index (χ0n) is 16.6. The maximum absolute atomic E-state index is 5.33. The lowest BCUT2D eigenvalue weighted by Gasteiger charge is -2.12. The first-order chi connectivity index (χ1) is 14.3. The van der Waals surface area contributed by atoms with Crippen LogP contribution in [0.25, 0.3) is 22.6 Å². The summed E-state index contributed by atoms with van der Waals surface area (Å²) in [5.74, 6) is 1.70. The van der Waals surface area contributed by atoms with E-state index >= 15 is 0 Å². The molecule has 1 heterocycles. The van der Waals surface area contributed by atoms with E-state index in [9.17, 15) is 0 Å². The molecular formula is C26H23NO2. The minimum absolute atomic E-state index is 0.784. The molecule has 4 rings (SSSR count). The third-order valence-corrected chi connectivity index (χ3v) is 5.01. The Bertz CT molecular complexity index is 1120. The van der Waals surface area contributed by atoms with Gasteiger partial charge in [0, 0.05) is 18.0 Å². The molecule has 3 heteroatoms. The van der Waals surface area contributed by atoms with E-state index < -0.39 is 0 Å². The number of ether oxygens (including phenoxy) is 2. The second kappa shape index (κ2) is 8.61. The number of pyridine rings is 1. The SMILES string of the molecule is COc1ccc(/C=C(/Cc2cccc3cccnc23)c2ccc(OC)cc2)cc1. The average Bonchev–Trinajstić information content (AvgIpc) is 2.79. The minimum Gasteiger partial charge on any atom is -0.497 e. The summed E-state index contributed by atoms with van der Waals surface area (Å²) in [6.07, 6.45) is 4.86. The molecule has 0 aliphatic rings. The maximum atomic E-state index is 5.33. The van der Waals surface area contributed by atoms with E-state index in [0.29, 0.717) is 0 Å². The van der Waals surface area contributed by atoms with Crippen molar-refractivity contribution in [3.8, 4) is 11.5 Å². The van der Waals surface area contributed by atoms with E-state index in [1.165, 1.54) is 11.1 Å². The van der Waals surface area contributed by atoms with Crippen LogP contribution in [0.3, 0.4) is 0 Å². The Balaban J connectivity index is 1.77. The van der Waals surface area contributed by atoms with Crippen LogP contribution >= 0.6 is 0 Å². The second-order valence-electron chi connectivity index (χ2n) is 6.84. The summed E-state index contributed by atoms with van der Waals surface area (Å²) in [7, 11) is 3.37. The molecular weight excluding hydrogens is 358 g/mol. The van der Waals surface area contributed by atoms with Crippen molar-refractivity contribution in [1.82, 2.24) is 4.98 Å². The Morgan fingerprint density at radius 3 is 2.14 bits per heavy atom. The predicted octanol–water partition coefficient (Wildman–Crippen LogP) is 6.04. The monoisotopic (exact) mass is 381 g/mol. The summed E-state index contributed by atoms with van der Waals surface area (Å²) in [4.78, 5) is 4.62. The highest BCUT2D eigenvalue weighted by molar-refractivity contribution is 5.88. The lowest BCUT2D eigenvalue weighted by atomic mass is 9.94. The number of para-hydroxylation sites is 1. The molecule has 0 unspecified atom stereocenters. The lowest BCUT2D eigenvalue weighted by Crippen LogP contribution is -1.95. The van der Waals surface area contributed by atoms with Crippen LogP contribution in [0.15, 0.2) is 85.1 Å². The molecule has 0 aliphatic heterocycles. The topological polar surface area (TPSA) is 31.4 Å². The zero-order valence-corrected chi connectivity index (χ0v) is 16.6. The summed E-state index contributed by atoms with van der Waals surface area (Å²) in [5.41, 5.74) is 5.76. The van der Waals surface area contributed by atoms with Crippen LogP contribution < -0.4 is 9.47 Å². The molecule has 0 atom stereocenters. The Morgan fingerprint density at radius 2 is 1.45 bits per heavy atom. The molecule has 4 aromatic rings. The van der Waals surface area contributed by atoms with Crippen LogP contribution in [0.4, 0.5) is 0 Å². The number of benzene rings is 3. The van der Waals surface area contributed by atoms with Crippen molar-refractivity contribution in [2.75, 3.05) is 14.2 Å². The fourth-order valence-electron chi connectivity index (χ4n) is 3.46. The molecule has 0 aliphatic carbocycles. The van der Waals surface area contributed by atoms with Crippen LogP contribution in [0.2, 0.25) is 0 Å². The Morgan fingerprint density at radius 1 is 0.793 bits per heavy atom. The molecule has 0 spiro atoms. The van der Waals surface area contributed by atoms with Crippen molar-refractivity contribution in [3.05, 3.63) is 102 Å². The highest BCUT2D eigenvalue weighted by Crippen LogP contribution is 2.28. The number of hydrogen-bond donors (Lipinski definition) is 0. The van der Waals surface area contributed by atoms with Gasteiger partial charge < -0.3 is 9.47 Å². The first-order valence-corrected chi connectivity index (χ1v) is 9.58. The molecule has 3 aromatic carbocycles. The molecule has 144 valence electrons. The van der Waals surface area contributed by atoms with E-state index in [0.717, 1.165) is 39.9 Å². The van der Waals surface area contributed by atoms with E-state index in [4.69, 9.17) is 9.47 Å². The van der Waals surface area contributed by atoms with Crippen molar-refractivity contribution in [2.45, 2.75) is 6.42 Å². The molecule has 0 saturated carbocycles. The number of nitrogens with zero attached hydrogens (tertiary/aromatic N) is 1. The van der Waals surface area contributed by atoms with Crippen molar-refractivity contribution < 1.29 is 9.47 Å². The summed E-state index contributed by atoms with van der Waals surface area (Å²) in [6.45, 7) is 0. The number of methoxy groups -OCH3 is 2. The van der Waals surface area contributed by atoms with Gasteiger partial charge in [-0.1, -0.05) is 54.6 Å². The Kier molecular flexibility index (Phi) is 5.57. The van der Waals surface area contributed by atoms with Gasteiger partial charge in [-0.3, -0.25) is 4.98 Å². The van der Waals surface area contributed by atoms with Crippen LogP contribution in [-0.2, 0) is 6.42 Å². The van der Waals surface area contributed by atoms with Crippen LogP contribution in [0, 0.1) is 0 Å². The second-order valence-corrected chi connectivity index (χ2v) is 6.84. The summed E-state index contributed by atoms with van der Waals surface area (Å²) < 4.78 is 10.6. The third kappa shape index (κ3) is 4.30. The van der Waals surface area contributed by atoms with Crippen LogP contribution in [0.5, 0.6) is 11.5 Å². The van der Waals surface area contributed by atoms with Crippen molar-refractivity contribution >= 4 is 22.6 Å². The Hall–Kier alpha value is -3.59. The normalized spacial score (nSPS) is 11.4. The molecule has 0 amide bonds. The molecule has 0 N–H and O–H groups in total. The third-order valence-electron chi connectivity index (χ3n) is 5.01. The smallest absolute Gasteiger partial charge is 0.118 e. The first-order valence-electron chi connectivity index (χ1n) is 9.58. The van der Waals surface area contributed by atoms with Gasteiger partial charge in [-0.25, -0.2) is 0 Å². The lowest BCUT2D eigenvalue weighted by molar-refractivity contribution is 0.414. The summed E-state index contributed by atoms with van der Waals surface area (Å²) >= 11 is 0. The van der Waals surface area contributed by atoms with Gasteiger partial charge in [0.05, 0.1) is 19.7 Å². The van der Waals surface area contributed by atoms with Gasteiger partial charge in [-0.2, -0.15) is 0 Å². The number of allylic oxidation sites excluding steroid dienone is 1. The molecule has 0 bridgehead atoms. The summed E-state index contributed by atoms with van der Waals surface area (Å²) in [5, 5.41) is 1.16. The van der Waals surface area contributed by atoms with Gasteiger partial charge in [-0.15, -0.1) is 0 Å². The standard InChI is InChI=1S/C26H23NO2/c1-28-24-12-8-19(9-13-24)17-23(20-10-14-25(29-2)15-11-20)18-22-6-3-5-21-7-4-16-27-26(21)22/h3-17H,18H2,1-2H3/b23-17-. The van der Waals surface area contributed by atoms with Gasteiger partial charge in [0.1, 0.15) is 11.5 Å². The molecule has 29 heavy (non-hydrogen) atoms. The van der Waals surface area contributed by atoms with Gasteiger partial charge >= 0.3 is 0 Å². The predicted molar refractivity (Wildman–Crippen MR) is 119 cm³/mol. The first kappa shape index (κ1) is 18.8. The van der Waals surface area contributed by atoms with Crippen LogP contribution in [0.1, 0.15) is 16.7 Å². The van der Waals surface area contributed by atoms with Gasteiger partial charge in [0.15, 0.2) is 0 Å². The number of aromatic nitrogens is 1. The van der Waals surface area contributed by atoms with Crippen LogP contribution in [-0.4, -0.2) is 19.2 Å². The van der Waals surface area contributed by atoms with Gasteiger partial charge in [0.2, 0.25) is 0 Å². The number of rotatable bonds is 6. The maximum Gasteiger partial charge on any atom is 0.118 e. The minimum atomic E-state index is 0.784. The largest absolute Gasteiger partial charge is 0.497 e. The van der Waals surface area contributed by atoms with E-state index in [1.54, 1.807) is 14.2 Å². The fourth-order valence-corrected chi connectivity index (χ4v) is 3.46. The summed E-state index contributed by atoms with van der Waals surface area (Å²) in [6, 6.07) is 26.7.